The number of carbonyl (C=O) groups is 2. The normalized spacial score (nSPS) is 20.3. The molecule has 0 unspecified atom stereocenters. The van der Waals surface area contributed by atoms with Gasteiger partial charge >= 0.3 is 0 Å². The maximum absolute atomic E-state index is 13.4. The van der Waals surface area contributed by atoms with Crippen LogP contribution in [0.5, 0.6) is 0 Å². The summed E-state index contributed by atoms with van der Waals surface area (Å²) in [5, 5.41) is 2.11. The number of aryl methyl sites for hydroxylation is 3. The van der Waals surface area contributed by atoms with E-state index in [0.717, 1.165) is 56.5 Å². The molecule has 0 bridgehead atoms. The molecule has 4 rings (SSSR count). The van der Waals surface area contributed by atoms with Gasteiger partial charge in [-0.1, -0.05) is 6.07 Å². The number of thiophene rings is 1. The van der Waals surface area contributed by atoms with Crippen LogP contribution < -0.4 is 0 Å². The number of rotatable bonds is 4. The summed E-state index contributed by atoms with van der Waals surface area (Å²) in [6, 6.07) is 4.54. The molecule has 1 amide bonds. The van der Waals surface area contributed by atoms with Crippen molar-refractivity contribution in [1.82, 2.24) is 9.88 Å². The van der Waals surface area contributed by atoms with Crippen molar-refractivity contribution in [2.75, 3.05) is 6.54 Å². The molecule has 1 atom stereocenters. The zero-order valence-electron chi connectivity index (χ0n) is 15.3. The fraction of sp³-hybridized carbons (Fsp3) is 0.524. The molecule has 0 radical (unpaired) electrons. The van der Waals surface area contributed by atoms with E-state index in [0.29, 0.717) is 17.5 Å². The van der Waals surface area contributed by atoms with Crippen LogP contribution in [0.1, 0.15) is 75.5 Å². The lowest BCUT2D eigenvalue weighted by atomic mass is 9.91. The molecule has 1 aliphatic heterocycles. The van der Waals surface area contributed by atoms with Gasteiger partial charge in [0, 0.05) is 35.3 Å². The first-order valence-electron chi connectivity index (χ1n) is 9.73. The lowest BCUT2D eigenvalue weighted by Gasteiger charge is -2.36. The van der Waals surface area contributed by atoms with Crippen molar-refractivity contribution in [3.63, 3.8) is 0 Å². The number of ketones is 1. The van der Waals surface area contributed by atoms with Crippen LogP contribution in [0.4, 0.5) is 0 Å². The van der Waals surface area contributed by atoms with Crippen LogP contribution in [0, 0.1) is 6.92 Å². The van der Waals surface area contributed by atoms with E-state index in [4.69, 9.17) is 0 Å². The Hall–Kier alpha value is -1.88. The number of piperidine rings is 1. The number of H-pyrrole nitrogens is 1. The lowest BCUT2D eigenvalue weighted by Crippen LogP contribution is -2.44. The Morgan fingerprint density at radius 2 is 2.19 bits per heavy atom. The lowest BCUT2D eigenvalue weighted by molar-refractivity contribution is 0.0598. The van der Waals surface area contributed by atoms with Gasteiger partial charge in [-0.05, 0) is 63.3 Å². The summed E-state index contributed by atoms with van der Waals surface area (Å²) in [7, 11) is 0. The zero-order valence-corrected chi connectivity index (χ0v) is 16.2. The van der Waals surface area contributed by atoms with Gasteiger partial charge in [0.25, 0.3) is 5.91 Å². The minimum Gasteiger partial charge on any atom is -0.361 e. The smallest absolute Gasteiger partial charge is 0.256 e. The molecule has 2 aliphatic rings. The minimum atomic E-state index is 0.0612. The number of hydrogen-bond acceptors (Lipinski definition) is 3. The highest BCUT2D eigenvalue weighted by atomic mass is 32.1. The van der Waals surface area contributed by atoms with Gasteiger partial charge in [-0.15, -0.1) is 11.3 Å². The second kappa shape index (κ2) is 7.39. The molecule has 138 valence electrons. The van der Waals surface area contributed by atoms with Gasteiger partial charge in [-0.2, -0.15) is 0 Å². The number of nitrogens with zero attached hydrogens (tertiary/aromatic N) is 1. The summed E-state index contributed by atoms with van der Waals surface area (Å²) in [6.45, 7) is 2.74. The first-order chi connectivity index (χ1) is 12.6. The highest BCUT2D eigenvalue weighted by molar-refractivity contribution is 7.09. The number of nitrogens with one attached hydrogen (secondary N) is 1. The van der Waals surface area contributed by atoms with Crippen LogP contribution in [-0.4, -0.2) is 34.2 Å². The predicted molar refractivity (Wildman–Crippen MR) is 104 cm³/mol. The quantitative estimate of drug-likeness (QED) is 0.859. The van der Waals surface area contributed by atoms with Crippen molar-refractivity contribution >= 4 is 23.0 Å². The third-order valence-corrected chi connectivity index (χ3v) is 6.72. The van der Waals surface area contributed by atoms with E-state index in [9.17, 15) is 9.59 Å². The highest BCUT2D eigenvalue weighted by Crippen LogP contribution is 2.31. The molecule has 2 aromatic heterocycles. The van der Waals surface area contributed by atoms with Crippen LogP contribution in [-0.2, 0) is 12.8 Å². The average Bonchev–Trinajstić information content (AvgIpc) is 3.27. The molecular formula is C21H26N2O2S. The molecule has 0 aromatic carbocycles. The summed E-state index contributed by atoms with van der Waals surface area (Å²) < 4.78 is 0. The van der Waals surface area contributed by atoms with Gasteiger partial charge in [-0.3, -0.25) is 9.59 Å². The van der Waals surface area contributed by atoms with Crippen molar-refractivity contribution in [1.29, 1.82) is 0 Å². The molecule has 0 spiro atoms. The predicted octanol–water partition coefficient (Wildman–Crippen LogP) is 4.53. The maximum Gasteiger partial charge on any atom is 0.256 e. The van der Waals surface area contributed by atoms with E-state index in [1.54, 1.807) is 11.3 Å². The molecule has 4 nitrogen and oxygen atoms in total. The summed E-state index contributed by atoms with van der Waals surface area (Å²) >= 11 is 1.79. The molecule has 1 N–H and O–H groups in total. The van der Waals surface area contributed by atoms with E-state index in [-0.39, 0.29) is 17.7 Å². The second-order valence-electron chi connectivity index (χ2n) is 7.52. The number of Topliss-reactive ketones (excluding diaryl/α,β-unsaturated/α-hetero) is 1. The van der Waals surface area contributed by atoms with Crippen molar-refractivity contribution in [2.45, 2.75) is 64.3 Å². The Morgan fingerprint density at radius 1 is 1.31 bits per heavy atom. The summed E-state index contributed by atoms with van der Waals surface area (Å²) in [5.41, 5.74) is 3.15. The molecular weight excluding hydrogens is 344 g/mol. The van der Waals surface area contributed by atoms with E-state index >= 15 is 0 Å². The monoisotopic (exact) mass is 370 g/mol. The minimum absolute atomic E-state index is 0.0612. The molecule has 2 aromatic rings. The van der Waals surface area contributed by atoms with Gasteiger partial charge in [0.15, 0.2) is 5.78 Å². The number of aromatic amines is 1. The van der Waals surface area contributed by atoms with Crippen LogP contribution in [0.15, 0.2) is 17.5 Å². The topological polar surface area (TPSA) is 53.2 Å². The Balaban J connectivity index is 1.58. The van der Waals surface area contributed by atoms with E-state index in [1.165, 1.54) is 11.3 Å². The third kappa shape index (κ3) is 3.25. The Kier molecular flexibility index (Phi) is 4.98. The van der Waals surface area contributed by atoms with Crippen LogP contribution in [0.2, 0.25) is 0 Å². The number of aromatic nitrogens is 1. The molecule has 1 fully saturated rings. The fourth-order valence-electron chi connectivity index (χ4n) is 4.48. The molecule has 0 saturated carbocycles. The standard InChI is InChI=1S/C21H26N2O2S/c1-14-19(20-17(22-14)8-4-9-18(20)24)21(25)23-12-3-2-6-15(23)10-11-16-7-5-13-26-16/h5,7,13,15,22H,2-4,6,8-12H2,1H3/t15-/m0/s1. The number of amides is 1. The SMILES string of the molecule is Cc1[nH]c2c(c1C(=O)N1CCCC[C@H]1CCc1cccs1)C(=O)CCC2. The number of likely N-dealkylation sites (tertiary alicyclic amines) is 1. The summed E-state index contributed by atoms with van der Waals surface area (Å²) in [5.74, 6) is 0.192. The largest absolute Gasteiger partial charge is 0.361 e. The van der Waals surface area contributed by atoms with E-state index in [1.807, 2.05) is 6.92 Å². The second-order valence-corrected chi connectivity index (χ2v) is 8.55. The Bertz CT molecular complexity index is 806. The highest BCUT2D eigenvalue weighted by Gasteiger charge is 2.34. The number of carbonyl (C=O) groups excluding carboxylic acids is 2. The third-order valence-electron chi connectivity index (χ3n) is 5.78. The van der Waals surface area contributed by atoms with Gasteiger partial charge in [0.2, 0.25) is 0 Å². The van der Waals surface area contributed by atoms with Crippen LogP contribution in [0.25, 0.3) is 0 Å². The maximum atomic E-state index is 13.4. The van der Waals surface area contributed by atoms with Crippen LogP contribution in [0.3, 0.4) is 0 Å². The first kappa shape index (κ1) is 17.5. The average molecular weight is 371 g/mol. The first-order valence-corrected chi connectivity index (χ1v) is 10.6. The number of fused-ring (bicyclic) bond motifs is 1. The van der Waals surface area contributed by atoms with Crippen LogP contribution >= 0.6 is 11.3 Å². The molecule has 3 heterocycles. The number of hydrogen-bond donors (Lipinski definition) is 1. The fourth-order valence-corrected chi connectivity index (χ4v) is 5.20. The van der Waals surface area contributed by atoms with E-state index in [2.05, 4.69) is 27.4 Å². The van der Waals surface area contributed by atoms with E-state index < -0.39 is 0 Å². The molecule has 1 aliphatic carbocycles. The molecule has 26 heavy (non-hydrogen) atoms. The summed E-state index contributed by atoms with van der Waals surface area (Å²) in [6.07, 6.45) is 7.65. The Morgan fingerprint density at radius 3 is 3.00 bits per heavy atom. The zero-order chi connectivity index (χ0) is 18.1. The molecule has 5 heteroatoms. The van der Waals surface area contributed by atoms with Crippen molar-refractivity contribution in [3.05, 3.63) is 44.9 Å². The van der Waals surface area contributed by atoms with Crippen molar-refractivity contribution in [2.24, 2.45) is 0 Å². The summed E-state index contributed by atoms with van der Waals surface area (Å²) in [4.78, 5) is 32.7. The van der Waals surface area contributed by atoms with Gasteiger partial charge < -0.3 is 9.88 Å². The van der Waals surface area contributed by atoms with Crippen molar-refractivity contribution in [3.8, 4) is 0 Å². The Labute approximate surface area is 158 Å². The van der Waals surface area contributed by atoms with Gasteiger partial charge in [0.1, 0.15) is 0 Å². The van der Waals surface area contributed by atoms with Gasteiger partial charge in [-0.25, -0.2) is 0 Å². The van der Waals surface area contributed by atoms with Gasteiger partial charge in [0.05, 0.1) is 11.1 Å². The molecule has 1 saturated heterocycles. The van der Waals surface area contributed by atoms with Crippen molar-refractivity contribution < 1.29 is 9.59 Å².